The molecule has 2 heterocycles. The normalized spacial score (nSPS) is 18.2. The number of amides is 2. The van der Waals surface area contributed by atoms with Crippen molar-refractivity contribution in [2.45, 2.75) is 45.7 Å². The zero-order chi connectivity index (χ0) is 17.8. The molecule has 0 bridgehead atoms. The number of urea groups is 1. The van der Waals surface area contributed by atoms with Gasteiger partial charge in [-0.05, 0) is 44.4 Å². The number of nitrogens with one attached hydrogen (secondary N) is 1. The molecule has 1 N–H and O–H groups in total. The van der Waals surface area contributed by atoms with Crippen molar-refractivity contribution < 1.29 is 14.1 Å². The highest BCUT2D eigenvalue weighted by Crippen LogP contribution is 2.30. The summed E-state index contributed by atoms with van der Waals surface area (Å²) in [5.41, 5.74) is 1.14. The molecule has 0 radical (unpaired) electrons. The summed E-state index contributed by atoms with van der Waals surface area (Å²) in [6, 6.07) is 7.51. The molecule has 0 saturated carbocycles. The van der Waals surface area contributed by atoms with Crippen molar-refractivity contribution in [1.29, 1.82) is 0 Å². The third-order valence-electron chi connectivity index (χ3n) is 4.21. The molecule has 2 atom stereocenters. The first-order valence-electron chi connectivity index (χ1n) is 8.60. The molecule has 3 rings (SSSR count). The van der Waals surface area contributed by atoms with E-state index < -0.39 is 0 Å². The minimum atomic E-state index is -0.123. The van der Waals surface area contributed by atoms with Gasteiger partial charge in [-0.15, -0.1) is 0 Å². The first-order chi connectivity index (χ1) is 12.0. The highest BCUT2D eigenvalue weighted by Gasteiger charge is 2.33. The molecule has 1 aromatic heterocycles. The highest BCUT2D eigenvalue weighted by atomic mass is 16.5. The summed E-state index contributed by atoms with van der Waals surface area (Å²) >= 11 is 0. The summed E-state index contributed by atoms with van der Waals surface area (Å²) in [5.74, 6) is 1.90. The quantitative estimate of drug-likeness (QED) is 0.902. The third kappa shape index (κ3) is 4.29. The third-order valence-corrected chi connectivity index (χ3v) is 4.21. The second-order valence-electron chi connectivity index (χ2n) is 6.50. The zero-order valence-electron chi connectivity index (χ0n) is 14.9. The van der Waals surface area contributed by atoms with E-state index in [0.29, 0.717) is 24.9 Å². The standard InChI is InChI=1S/C18H24N4O3/c1-12-6-4-7-15(10-12)24-11-13(2)19-18(23)22-9-5-8-16(22)17-20-14(3)25-21-17/h4,6-7,10,13,16H,5,8-9,11H2,1-3H3,(H,19,23). The highest BCUT2D eigenvalue weighted by molar-refractivity contribution is 5.75. The van der Waals surface area contributed by atoms with E-state index in [9.17, 15) is 4.79 Å². The minimum Gasteiger partial charge on any atom is -0.491 e. The summed E-state index contributed by atoms with van der Waals surface area (Å²) in [6.07, 6.45) is 1.78. The summed E-state index contributed by atoms with van der Waals surface area (Å²) in [5, 5.41) is 6.95. The molecule has 2 aromatic rings. The van der Waals surface area contributed by atoms with E-state index in [1.807, 2.05) is 38.1 Å². The Morgan fingerprint density at radius 3 is 3.04 bits per heavy atom. The van der Waals surface area contributed by atoms with Crippen molar-refractivity contribution >= 4 is 6.03 Å². The van der Waals surface area contributed by atoms with E-state index in [1.54, 1.807) is 11.8 Å². The Hall–Kier alpha value is -2.57. The number of benzene rings is 1. The van der Waals surface area contributed by atoms with Crippen LogP contribution in [0.15, 0.2) is 28.8 Å². The van der Waals surface area contributed by atoms with E-state index in [1.165, 1.54) is 0 Å². The molecule has 7 heteroatoms. The van der Waals surface area contributed by atoms with Gasteiger partial charge in [-0.3, -0.25) is 0 Å². The van der Waals surface area contributed by atoms with Crippen LogP contribution in [-0.2, 0) is 0 Å². The Kier molecular flexibility index (Phi) is 5.21. The average Bonchev–Trinajstić information content (AvgIpc) is 3.21. The van der Waals surface area contributed by atoms with Crippen LogP contribution in [0.3, 0.4) is 0 Å². The molecular formula is C18H24N4O3. The molecule has 1 aliphatic rings. The average molecular weight is 344 g/mol. The molecule has 25 heavy (non-hydrogen) atoms. The van der Waals surface area contributed by atoms with Crippen LogP contribution in [0.5, 0.6) is 5.75 Å². The van der Waals surface area contributed by atoms with E-state index in [0.717, 1.165) is 24.2 Å². The van der Waals surface area contributed by atoms with E-state index in [-0.39, 0.29) is 18.1 Å². The van der Waals surface area contributed by atoms with Crippen LogP contribution in [0.4, 0.5) is 4.79 Å². The number of aromatic nitrogens is 2. The lowest BCUT2D eigenvalue weighted by Gasteiger charge is -2.25. The Morgan fingerprint density at radius 1 is 1.48 bits per heavy atom. The van der Waals surface area contributed by atoms with Crippen LogP contribution in [0, 0.1) is 13.8 Å². The fourth-order valence-electron chi connectivity index (χ4n) is 2.99. The first kappa shape index (κ1) is 17.3. The minimum absolute atomic E-state index is 0.110. The summed E-state index contributed by atoms with van der Waals surface area (Å²) < 4.78 is 10.8. The predicted octanol–water partition coefficient (Wildman–Crippen LogP) is 3.00. The Labute approximate surface area is 147 Å². The van der Waals surface area contributed by atoms with Gasteiger partial charge in [0.2, 0.25) is 5.89 Å². The van der Waals surface area contributed by atoms with Gasteiger partial charge in [-0.1, -0.05) is 17.3 Å². The zero-order valence-corrected chi connectivity index (χ0v) is 14.9. The summed E-state index contributed by atoms with van der Waals surface area (Å²) in [6.45, 7) is 6.80. The molecule has 7 nitrogen and oxygen atoms in total. The van der Waals surface area contributed by atoms with Crippen molar-refractivity contribution in [3.8, 4) is 5.75 Å². The van der Waals surface area contributed by atoms with Gasteiger partial charge in [0, 0.05) is 13.5 Å². The number of aryl methyl sites for hydroxylation is 2. The van der Waals surface area contributed by atoms with Gasteiger partial charge in [0.15, 0.2) is 5.82 Å². The Bertz CT molecular complexity index is 731. The maximum absolute atomic E-state index is 12.6. The van der Waals surface area contributed by atoms with Crippen LogP contribution in [-0.4, -0.2) is 40.3 Å². The summed E-state index contributed by atoms with van der Waals surface area (Å²) in [4.78, 5) is 18.6. The van der Waals surface area contributed by atoms with E-state index in [4.69, 9.17) is 9.26 Å². The Balaban J connectivity index is 1.54. The number of carbonyl (C=O) groups is 1. The van der Waals surface area contributed by atoms with E-state index in [2.05, 4.69) is 15.5 Å². The molecule has 1 fully saturated rings. The lowest BCUT2D eigenvalue weighted by molar-refractivity contribution is 0.180. The number of ether oxygens (including phenoxy) is 1. The molecule has 1 aliphatic heterocycles. The second kappa shape index (κ2) is 7.55. The molecule has 0 spiro atoms. The van der Waals surface area contributed by atoms with Crippen LogP contribution < -0.4 is 10.1 Å². The number of rotatable bonds is 5. The van der Waals surface area contributed by atoms with Crippen molar-refractivity contribution in [1.82, 2.24) is 20.4 Å². The Morgan fingerprint density at radius 2 is 2.32 bits per heavy atom. The molecule has 0 aliphatic carbocycles. The number of likely N-dealkylation sites (tertiary alicyclic amines) is 1. The molecule has 1 aromatic carbocycles. The smallest absolute Gasteiger partial charge is 0.318 e. The number of carbonyl (C=O) groups excluding carboxylic acids is 1. The molecule has 2 unspecified atom stereocenters. The van der Waals surface area contributed by atoms with E-state index >= 15 is 0 Å². The SMILES string of the molecule is Cc1cccc(OCC(C)NC(=O)N2CCCC2c2noc(C)n2)c1. The number of hydrogen-bond acceptors (Lipinski definition) is 5. The van der Waals surface area contributed by atoms with Crippen molar-refractivity contribution in [2.24, 2.45) is 0 Å². The van der Waals surface area contributed by atoms with Crippen molar-refractivity contribution in [2.75, 3.05) is 13.2 Å². The summed E-state index contributed by atoms with van der Waals surface area (Å²) in [7, 11) is 0. The predicted molar refractivity (Wildman–Crippen MR) is 92.4 cm³/mol. The topological polar surface area (TPSA) is 80.5 Å². The van der Waals surface area contributed by atoms with Gasteiger partial charge in [0.25, 0.3) is 0 Å². The largest absolute Gasteiger partial charge is 0.491 e. The van der Waals surface area contributed by atoms with Gasteiger partial charge < -0.3 is 19.5 Å². The van der Waals surface area contributed by atoms with Gasteiger partial charge in [0.05, 0.1) is 12.1 Å². The molecular weight excluding hydrogens is 320 g/mol. The number of hydrogen-bond donors (Lipinski definition) is 1. The van der Waals surface area contributed by atoms with Crippen LogP contribution in [0.25, 0.3) is 0 Å². The fraction of sp³-hybridized carbons (Fsp3) is 0.500. The van der Waals surface area contributed by atoms with Gasteiger partial charge >= 0.3 is 6.03 Å². The first-order valence-corrected chi connectivity index (χ1v) is 8.60. The monoisotopic (exact) mass is 344 g/mol. The fourth-order valence-corrected chi connectivity index (χ4v) is 2.99. The van der Waals surface area contributed by atoms with Crippen molar-refractivity contribution in [3.05, 3.63) is 41.5 Å². The van der Waals surface area contributed by atoms with Crippen LogP contribution >= 0.6 is 0 Å². The van der Waals surface area contributed by atoms with Crippen LogP contribution in [0.2, 0.25) is 0 Å². The second-order valence-corrected chi connectivity index (χ2v) is 6.50. The molecule has 1 saturated heterocycles. The molecule has 2 amide bonds. The maximum Gasteiger partial charge on any atom is 0.318 e. The lowest BCUT2D eigenvalue weighted by Crippen LogP contribution is -2.45. The van der Waals surface area contributed by atoms with Gasteiger partial charge in [-0.25, -0.2) is 4.79 Å². The lowest BCUT2D eigenvalue weighted by atomic mass is 10.2. The maximum atomic E-state index is 12.6. The van der Waals surface area contributed by atoms with Crippen molar-refractivity contribution in [3.63, 3.8) is 0 Å². The molecule has 134 valence electrons. The van der Waals surface area contributed by atoms with Crippen LogP contribution in [0.1, 0.15) is 43.1 Å². The van der Waals surface area contributed by atoms with Gasteiger partial charge in [0.1, 0.15) is 12.4 Å². The number of nitrogens with zero attached hydrogens (tertiary/aromatic N) is 3. The van der Waals surface area contributed by atoms with Gasteiger partial charge in [-0.2, -0.15) is 4.98 Å².